The first-order valence-electron chi connectivity index (χ1n) is 17.7. The zero-order valence-electron chi connectivity index (χ0n) is 29.6. The number of hydrogen-bond donors (Lipinski definition) is 3. The highest BCUT2D eigenvalue weighted by Gasteiger charge is 2.44. The van der Waals surface area contributed by atoms with E-state index in [1.807, 2.05) is 51.1 Å². The number of alkyl carbamates (subject to hydrolysis) is 2. The molecular formula is C36H51N3O11S. The number of aliphatic hydroxyl groups excluding tert-OH is 1. The number of ether oxygens (including phenoxy) is 6. The second kappa shape index (κ2) is 17.7. The quantitative estimate of drug-likeness (QED) is 0.188. The lowest BCUT2D eigenvalue weighted by atomic mass is 9.87. The molecule has 0 bridgehead atoms. The van der Waals surface area contributed by atoms with Gasteiger partial charge in [-0.2, -0.15) is 4.31 Å². The number of nitrogens with one attached hydrogen (secondary N) is 2. The number of unbranched alkanes of at least 4 members (excludes halogenated alkanes) is 1. The maximum atomic E-state index is 14.3. The summed E-state index contributed by atoms with van der Waals surface area (Å²) < 4.78 is 62.8. The monoisotopic (exact) mass is 733 g/mol. The van der Waals surface area contributed by atoms with Crippen molar-refractivity contribution in [3.8, 4) is 11.5 Å². The second-order valence-electron chi connectivity index (χ2n) is 14.0. The lowest BCUT2D eigenvalue weighted by Crippen LogP contribution is -2.52. The number of aliphatic hydroxyl groups is 1. The SMILES string of the molecule is CCCOC(=O)NCCCCC(C)(C)CN(C[C@@H](O)[C@H](Cc1ccccc1)NC(=O)O[C@H]1CO[C@H]2OCC[C@H]21)S(=O)(=O)c1ccc2c(c1)OCO2. The van der Waals surface area contributed by atoms with E-state index in [-0.39, 0.29) is 43.7 Å². The molecule has 51 heavy (non-hydrogen) atoms. The van der Waals surface area contributed by atoms with Gasteiger partial charge in [0.15, 0.2) is 17.8 Å². The van der Waals surface area contributed by atoms with Gasteiger partial charge in [0.1, 0.15) is 6.10 Å². The summed E-state index contributed by atoms with van der Waals surface area (Å²) in [7, 11) is -4.18. The summed E-state index contributed by atoms with van der Waals surface area (Å²) in [6.07, 6.45) is 0.297. The van der Waals surface area contributed by atoms with E-state index in [4.69, 9.17) is 28.4 Å². The summed E-state index contributed by atoms with van der Waals surface area (Å²) in [6.45, 7) is 7.12. The van der Waals surface area contributed by atoms with Crippen LogP contribution < -0.4 is 20.1 Å². The molecule has 2 aromatic carbocycles. The van der Waals surface area contributed by atoms with Crippen molar-refractivity contribution >= 4 is 22.2 Å². The van der Waals surface area contributed by atoms with Gasteiger partial charge in [0.05, 0.1) is 42.8 Å². The van der Waals surface area contributed by atoms with Gasteiger partial charge in [-0.15, -0.1) is 0 Å². The normalized spacial score (nSPS) is 20.8. The summed E-state index contributed by atoms with van der Waals surface area (Å²) in [5.74, 6) is 0.697. The fraction of sp³-hybridized carbons (Fsp3) is 0.611. The molecule has 2 aromatic rings. The van der Waals surface area contributed by atoms with Crippen LogP contribution in [0.4, 0.5) is 9.59 Å². The van der Waals surface area contributed by atoms with Crippen molar-refractivity contribution in [1.29, 1.82) is 0 Å². The zero-order valence-corrected chi connectivity index (χ0v) is 30.4. The minimum atomic E-state index is -4.18. The van der Waals surface area contributed by atoms with Crippen molar-refractivity contribution in [3.05, 3.63) is 54.1 Å². The van der Waals surface area contributed by atoms with Gasteiger partial charge in [-0.3, -0.25) is 0 Å². The Balaban J connectivity index is 1.31. The first-order valence-corrected chi connectivity index (χ1v) is 19.1. The van der Waals surface area contributed by atoms with Gasteiger partial charge < -0.3 is 44.2 Å². The highest BCUT2D eigenvalue weighted by atomic mass is 32.2. The Labute approximate surface area is 300 Å². The van der Waals surface area contributed by atoms with Crippen molar-refractivity contribution in [3.63, 3.8) is 0 Å². The van der Waals surface area contributed by atoms with E-state index in [1.165, 1.54) is 16.4 Å². The summed E-state index contributed by atoms with van der Waals surface area (Å²) in [4.78, 5) is 25.1. The molecule has 3 aliphatic rings. The molecule has 0 unspecified atom stereocenters. The molecule has 2 amide bonds. The molecule has 3 heterocycles. The van der Waals surface area contributed by atoms with Crippen molar-refractivity contribution < 1.29 is 51.5 Å². The number of amides is 2. The van der Waals surface area contributed by atoms with Crippen molar-refractivity contribution in [1.82, 2.24) is 14.9 Å². The van der Waals surface area contributed by atoms with E-state index in [0.29, 0.717) is 56.9 Å². The summed E-state index contributed by atoms with van der Waals surface area (Å²) in [5, 5.41) is 17.4. The molecule has 0 radical (unpaired) electrons. The van der Waals surface area contributed by atoms with E-state index >= 15 is 0 Å². The first kappa shape index (κ1) is 38.6. The van der Waals surface area contributed by atoms with E-state index < -0.39 is 52.2 Å². The van der Waals surface area contributed by atoms with Gasteiger partial charge in [0, 0.05) is 25.7 Å². The van der Waals surface area contributed by atoms with Crippen LogP contribution in [0.5, 0.6) is 11.5 Å². The number of carbonyl (C=O) groups excluding carboxylic acids is 2. The molecule has 3 aliphatic heterocycles. The van der Waals surface area contributed by atoms with Crippen LogP contribution in [0.25, 0.3) is 0 Å². The maximum absolute atomic E-state index is 14.3. The predicted octanol–water partition coefficient (Wildman–Crippen LogP) is 4.20. The third kappa shape index (κ3) is 10.7. The Morgan fingerprint density at radius 2 is 1.84 bits per heavy atom. The Morgan fingerprint density at radius 3 is 2.63 bits per heavy atom. The molecule has 0 aromatic heterocycles. The maximum Gasteiger partial charge on any atom is 0.407 e. The lowest BCUT2D eigenvalue weighted by molar-refractivity contribution is -0.0907. The van der Waals surface area contributed by atoms with E-state index in [1.54, 1.807) is 6.07 Å². The fourth-order valence-corrected chi connectivity index (χ4v) is 8.18. The molecule has 0 saturated carbocycles. The minimum Gasteiger partial charge on any atom is -0.454 e. The van der Waals surface area contributed by atoms with Gasteiger partial charge in [0.25, 0.3) is 0 Å². The largest absolute Gasteiger partial charge is 0.454 e. The smallest absolute Gasteiger partial charge is 0.407 e. The van der Waals surface area contributed by atoms with Gasteiger partial charge >= 0.3 is 12.2 Å². The molecule has 5 rings (SSSR count). The van der Waals surface area contributed by atoms with Gasteiger partial charge in [0.2, 0.25) is 16.8 Å². The molecule has 5 atom stereocenters. The van der Waals surface area contributed by atoms with Crippen molar-refractivity contribution in [2.75, 3.05) is 46.2 Å². The first-order chi connectivity index (χ1) is 24.4. The van der Waals surface area contributed by atoms with Gasteiger partial charge in [-0.25, -0.2) is 18.0 Å². The molecular weight excluding hydrogens is 682 g/mol. The lowest BCUT2D eigenvalue weighted by Gasteiger charge is -2.35. The van der Waals surface area contributed by atoms with Crippen LogP contribution >= 0.6 is 0 Å². The van der Waals surface area contributed by atoms with Crippen LogP contribution in [0.1, 0.15) is 58.4 Å². The molecule has 2 saturated heterocycles. The third-order valence-electron chi connectivity index (χ3n) is 9.27. The van der Waals surface area contributed by atoms with E-state index in [0.717, 1.165) is 12.0 Å². The standard InChI is InChI=1S/C36H51N3O11S/c1-4-17-46-34(41)37-16-9-8-15-36(2,3)23-39(51(43,44)26-12-13-30-31(20-26)49-24-48-30)21-29(40)28(19-25-10-6-5-7-11-25)38-35(42)50-32-22-47-33-27(32)14-18-45-33/h5-7,10-13,20,27-29,32-33,40H,4,8-9,14-19,21-24H2,1-3H3,(H,37,41)(H,38,42)/t27-,28-,29+,32-,33+/m0/s1. The summed E-state index contributed by atoms with van der Waals surface area (Å²) in [5.41, 5.74) is 0.308. The molecule has 0 aliphatic carbocycles. The Hall–Kier alpha value is -3.63. The number of nitrogens with zero attached hydrogens (tertiary/aromatic N) is 1. The van der Waals surface area contributed by atoms with Crippen LogP contribution in [0.15, 0.2) is 53.4 Å². The highest BCUT2D eigenvalue weighted by Crippen LogP contribution is 2.36. The van der Waals surface area contributed by atoms with Crippen molar-refractivity contribution in [2.45, 2.75) is 88.7 Å². The zero-order chi connectivity index (χ0) is 36.4. The van der Waals surface area contributed by atoms with Gasteiger partial charge in [-0.1, -0.05) is 57.5 Å². The third-order valence-corrected chi connectivity index (χ3v) is 11.1. The molecule has 2 fully saturated rings. The van der Waals surface area contributed by atoms with Crippen LogP contribution in [0.2, 0.25) is 0 Å². The molecule has 0 spiro atoms. The van der Waals surface area contributed by atoms with Crippen LogP contribution in [-0.2, 0) is 35.4 Å². The fourth-order valence-electron chi connectivity index (χ4n) is 6.51. The van der Waals surface area contributed by atoms with Crippen LogP contribution in [0, 0.1) is 11.3 Å². The number of sulfonamides is 1. The predicted molar refractivity (Wildman–Crippen MR) is 186 cm³/mol. The minimum absolute atomic E-state index is 0.00825. The Kier molecular flexibility index (Phi) is 13.4. The van der Waals surface area contributed by atoms with Crippen LogP contribution in [0.3, 0.4) is 0 Å². The Bertz CT molecular complexity index is 1560. The van der Waals surface area contributed by atoms with E-state index in [9.17, 15) is 23.1 Å². The van der Waals surface area contributed by atoms with E-state index in [2.05, 4.69) is 10.6 Å². The number of hydrogen-bond acceptors (Lipinski definition) is 11. The number of fused-ring (bicyclic) bond motifs is 2. The molecule has 14 nitrogen and oxygen atoms in total. The number of benzene rings is 2. The second-order valence-corrected chi connectivity index (χ2v) is 15.9. The molecule has 3 N–H and O–H groups in total. The van der Waals surface area contributed by atoms with Crippen LogP contribution in [-0.4, -0.2) is 101 Å². The summed E-state index contributed by atoms with van der Waals surface area (Å²) in [6, 6.07) is 12.9. The highest BCUT2D eigenvalue weighted by molar-refractivity contribution is 7.89. The summed E-state index contributed by atoms with van der Waals surface area (Å²) >= 11 is 0. The molecule has 15 heteroatoms. The van der Waals surface area contributed by atoms with Gasteiger partial charge in [-0.05, 0) is 55.2 Å². The average Bonchev–Trinajstić information content (AvgIpc) is 3.86. The van der Waals surface area contributed by atoms with Crippen molar-refractivity contribution in [2.24, 2.45) is 11.3 Å². The molecule has 282 valence electrons. The topological polar surface area (TPSA) is 171 Å². The number of carbonyl (C=O) groups is 2. The average molecular weight is 734 g/mol. The Morgan fingerprint density at radius 1 is 1.06 bits per heavy atom. The number of rotatable bonds is 18.